The van der Waals surface area contributed by atoms with E-state index in [9.17, 15) is 4.79 Å². The van der Waals surface area contributed by atoms with Crippen LogP contribution in [-0.4, -0.2) is 23.8 Å². The third kappa shape index (κ3) is 13.7. The van der Waals surface area contributed by atoms with E-state index < -0.39 is 0 Å². The summed E-state index contributed by atoms with van der Waals surface area (Å²) in [5, 5.41) is 0.237. The zero-order chi connectivity index (χ0) is 16.6. The zero-order valence-corrected chi connectivity index (χ0v) is 15.9. The number of rotatable bonds is 15. The molecule has 0 aromatic rings. The molecule has 0 aliphatic carbocycles. The molecule has 0 N–H and O–H groups in total. The first-order valence-corrected chi connectivity index (χ1v) is 9.84. The molecule has 0 saturated carbocycles. The highest BCUT2D eigenvalue weighted by atomic mass is 35.5. The van der Waals surface area contributed by atoms with E-state index in [0.717, 1.165) is 32.1 Å². The molecule has 2 nitrogen and oxygen atoms in total. The topological polar surface area (TPSA) is 26.3 Å². The van der Waals surface area contributed by atoms with Gasteiger partial charge in [-0.2, -0.15) is 0 Å². The Bertz CT molecular complexity index is 259. The Morgan fingerprint density at radius 1 is 0.818 bits per heavy atom. The minimum absolute atomic E-state index is 0.0999. The SMILES string of the molecule is CCCCCC[C@@H](Cl)[C@H](Cl)CCCCCCCCC(=O)OC. The summed E-state index contributed by atoms with van der Waals surface area (Å²) < 4.78 is 4.62. The minimum atomic E-state index is -0.0999. The van der Waals surface area contributed by atoms with Crippen LogP contribution in [0.15, 0.2) is 0 Å². The highest BCUT2D eigenvalue weighted by molar-refractivity contribution is 6.29. The lowest BCUT2D eigenvalue weighted by Gasteiger charge is -2.15. The molecule has 0 spiro atoms. The van der Waals surface area contributed by atoms with Gasteiger partial charge < -0.3 is 4.74 Å². The average Bonchev–Trinajstić information content (AvgIpc) is 2.53. The fraction of sp³-hybridized carbons (Fsp3) is 0.944. The van der Waals surface area contributed by atoms with Crippen molar-refractivity contribution >= 4 is 29.2 Å². The lowest BCUT2D eigenvalue weighted by molar-refractivity contribution is -0.140. The molecule has 132 valence electrons. The predicted octanol–water partition coefficient (Wildman–Crippen LogP) is 6.47. The normalized spacial score (nSPS) is 13.8. The van der Waals surface area contributed by atoms with Crippen LogP contribution in [0.25, 0.3) is 0 Å². The summed E-state index contributed by atoms with van der Waals surface area (Å²) in [6.07, 6.45) is 14.5. The molecular weight excluding hydrogens is 319 g/mol. The van der Waals surface area contributed by atoms with Crippen LogP contribution in [0.5, 0.6) is 0 Å². The van der Waals surface area contributed by atoms with Crippen LogP contribution in [-0.2, 0) is 9.53 Å². The van der Waals surface area contributed by atoms with Crippen molar-refractivity contribution in [1.29, 1.82) is 0 Å². The van der Waals surface area contributed by atoms with E-state index in [2.05, 4.69) is 11.7 Å². The van der Waals surface area contributed by atoms with Crippen molar-refractivity contribution in [3.8, 4) is 0 Å². The lowest BCUT2D eigenvalue weighted by Crippen LogP contribution is -2.14. The van der Waals surface area contributed by atoms with Gasteiger partial charge in [-0.05, 0) is 19.3 Å². The van der Waals surface area contributed by atoms with Gasteiger partial charge in [0.25, 0.3) is 0 Å². The van der Waals surface area contributed by atoms with Crippen LogP contribution in [0.3, 0.4) is 0 Å². The van der Waals surface area contributed by atoms with Crippen molar-refractivity contribution < 1.29 is 9.53 Å². The first-order valence-electron chi connectivity index (χ1n) is 8.96. The number of methoxy groups -OCH3 is 1. The van der Waals surface area contributed by atoms with E-state index in [-0.39, 0.29) is 16.7 Å². The second-order valence-corrected chi connectivity index (χ2v) is 7.24. The molecule has 0 radical (unpaired) electrons. The second kappa shape index (κ2) is 15.9. The van der Waals surface area contributed by atoms with E-state index in [4.69, 9.17) is 23.2 Å². The van der Waals surface area contributed by atoms with Gasteiger partial charge in [-0.25, -0.2) is 0 Å². The maximum atomic E-state index is 10.9. The number of hydrogen-bond acceptors (Lipinski definition) is 2. The summed E-state index contributed by atoms with van der Waals surface area (Å²) >= 11 is 12.7. The molecule has 0 aromatic heterocycles. The lowest BCUT2D eigenvalue weighted by atomic mass is 10.0. The van der Waals surface area contributed by atoms with Crippen LogP contribution >= 0.6 is 23.2 Å². The number of hydrogen-bond donors (Lipinski definition) is 0. The Morgan fingerprint density at radius 2 is 1.27 bits per heavy atom. The van der Waals surface area contributed by atoms with Gasteiger partial charge in [-0.3, -0.25) is 4.79 Å². The summed E-state index contributed by atoms with van der Waals surface area (Å²) in [6, 6.07) is 0. The summed E-state index contributed by atoms with van der Waals surface area (Å²) in [4.78, 5) is 10.9. The molecule has 0 heterocycles. The third-order valence-electron chi connectivity index (χ3n) is 4.06. The number of carbonyl (C=O) groups excluding carboxylic acids is 1. The molecule has 0 rings (SSSR count). The van der Waals surface area contributed by atoms with Crippen LogP contribution in [0, 0.1) is 0 Å². The Hall–Kier alpha value is 0.0500. The van der Waals surface area contributed by atoms with Crippen LogP contribution < -0.4 is 0 Å². The fourth-order valence-electron chi connectivity index (χ4n) is 2.55. The summed E-state index contributed by atoms with van der Waals surface area (Å²) in [5.74, 6) is -0.0999. The fourth-order valence-corrected chi connectivity index (χ4v) is 3.11. The molecule has 0 unspecified atom stereocenters. The van der Waals surface area contributed by atoms with Gasteiger partial charge in [0, 0.05) is 17.2 Å². The van der Waals surface area contributed by atoms with Crippen molar-refractivity contribution in [3.63, 3.8) is 0 Å². The molecule has 0 saturated heterocycles. The van der Waals surface area contributed by atoms with E-state index in [0.29, 0.717) is 6.42 Å². The van der Waals surface area contributed by atoms with Crippen molar-refractivity contribution in [2.45, 2.75) is 101 Å². The van der Waals surface area contributed by atoms with Crippen LogP contribution in [0.2, 0.25) is 0 Å². The molecule has 0 aliphatic heterocycles. The predicted molar refractivity (Wildman–Crippen MR) is 97.0 cm³/mol. The number of carbonyl (C=O) groups is 1. The summed E-state index contributed by atoms with van der Waals surface area (Å²) in [6.45, 7) is 2.22. The van der Waals surface area contributed by atoms with E-state index in [1.54, 1.807) is 0 Å². The van der Waals surface area contributed by atoms with E-state index >= 15 is 0 Å². The minimum Gasteiger partial charge on any atom is -0.469 e. The first-order chi connectivity index (χ1) is 10.6. The Morgan fingerprint density at radius 3 is 1.77 bits per heavy atom. The van der Waals surface area contributed by atoms with Crippen LogP contribution in [0.4, 0.5) is 0 Å². The van der Waals surface area contributed by atoms with E-state index in [1.165, 1.54) is 52.1 Å². The monoisotopic (exact) mass is 352 g/mol. The van der Waals surface area contributed by atoms with Crippen molar-refractivity contribution in [3.05, 3.63) is 0 Å². The highest BCUT2D eigenvalue weighted by Crippen LogP contribution is 2.22. The van der Waals surface area contributed by atoms with Gasteiger partial charge >= 0.3 is 5.97 Å². The van der Waals surface area contributed by atoms with Gasteiger partial charge in [0.15, 0.2) is 0 Å². The Kier molecular flexibility index (Phi) is 16.0. The molecule has 0 aromatic carbocycles. The van der Waals surface area contributed by atoms with Crippen LogP contribution in [0.1, 0.15) is 90.4 Å². The largest absolute Gasteiger partial charge is 0.469 e. The smallest absolute Gasteiger partial charge is 0.305 e. The number of alkyl halides is 2. The van der Waals surface area contributed by atoms with E-state index in [1.807, 2.05) is 0 Å². The molecule has 0 fully saturated rings. The molecule has 2 atom stereocenters. The molecule has 0 aliphatic rings. The van der Waals surface area contributed by atoms with Gasteiger partial charge in [0.1, 0.15) is 0 Å². The number of halogens is 2. The molecule has 22 heavy (non-hydrogen) atoms. The zero-order valence-electron chi connectivity index (χ0n) is 14.4. The average molecular weight is 353 g/mol. The summed E-state index contributed by atoms with van der Waals surface area (Å²) in [5.41, 5.74) is 0. The standard InChI is InChI=1S/C18H34Cl2O2/c1-3-4-5-10-13-16(19)17(20)14-11-8-6-7-9-12-15-18(21)22-2/h16-17H,3-15H2,1-2H3/t16-,17-/m1/s1. The van der Waals surface area contributed by atoms with Gasteiger partial charge in [0.2, 0.25) is 0 Å². The van der Waals surface area contributed by atoms with Gasteiger partial charge in [-0.1, -0.05) is 64.7 Å². The second-order valence-electron chi connectivity index (χ2n) is 6.12. The molecule has 0 bridgehead atoms. The summed E-state index contributed by atoms with van der Waals surface area (Å²) in [7, 11) is 1.44. The van der Waals surface area contributed by atoms with Gasteiger partial charge in [-0.15, -0.1) is 23.2 Å². The van der Waals surface area contributed by atoms with Gasteiger partial charge in [0.05, 0.1) is 7.11 Å². The quantitative estimate of drug-likeness (QED) is 0.192. The third-order valence-corrected chi connectivity index (χ3v) is 5.24. The number of ether oxygens (including phenoxy) is 1. The molecule has 0 amide bonds. The first kappa shape index (κ1) is 22.1. The Labute approximate surface area is 147 Å². The molecule has 4 heteroatoms. The van der Waals surface area contributed by atoms with Crippen molar-refractivity contribution in [2.24, 2.45) is 0 Å². The number of esters is 1. The molecular formula is C18H34Cl2O2. The maximum absolute atomic E-state index is 10.9. The Balaban J connectivity index is 3.36. The number of unbranched alkanes of at least 4 members (excludes halogenated alkanes) is 8. The van der Waals surface area contributed by atoms with Crippen molar-refractivity contribution in [2.75, 3.05) is 7.11 Å². The highest BCUT2D eigenvalue weighted by Gasteiger charge is 2.15. The van der Waals surface area contributed by atoms with Crippen molar-refractivity contribution in [1.82, 2.24) is 0 Å². The maximum Gasteiger partial charge on any atom is 0.305 e.